The predicted molar refractivity (Wildman–Crippen MR) is 98.6 cm³/mol. The standard InChI is InChI=1S/C20H31NO2S/c22-20(23-14-13-21-11-6-1-2-7-12-21)19(18-10-15-24-16-18)17-8-4-3-5-9-17/h10,15-17,19H,1-9,11-14H2/p+1/t19-/m0/s1. The molecule has 0 bridgehead atoms. The number of carbonyl (C=O) groups excluding carboxylic acids is 1. The van der Waals surface area contributed by atoms with Crippen molar-refractivity contribution in [2.45, 2.75) is 63.7 Å². The van der Waals surface area contributed by atoms with E-state index in [1.807, 2.05) is 0 Å². The van der Waals surface area contributed by atoms with Crippen molar-refractivity contribution in [3.63, 3.8) is 0 Å². The molecule has 1 saturated carbocycles. The minimum Gasteiger partial charge on any atom is -0.459 e. The van der Waals surface area contributed by atoms with E-state index in [4.69, 9.17) is 4.74 Å². The highest BCUT2D eigenvalue weighted by atomic mass is 32.1. The molecular formula is C20H32NO2S+. The Morgan fingerprint density at radius 1 is 1.12 bits per heavy atom. The molecule has 0 unspecified atom stereocenters. The van der Waals surface area contributed by atoms with E-state index in [0.29, 0.717) is 12.5 Å². The second kappa shape index (κ2) is 9.57. The van der Waals surface area contributed by atoms with Crippen molar-refractivity contribution in [2.75, 3.05) is 26.2 Å². The van der Waals surface area contributed by atoms with Crippen LogP contribution < -0.4 is 4.90 Å². The molecule has 1 N–H and O–H groups in total. The van der Waals surface area contributed by atoms with Crippen molar-refractivity contribution in [3.8, 4) is 0 Å². The first-order chi connectivity index (χ1) is 11.8. The van der Waals surface area contributed by atoms with Crippen molar-refractivity contribution in [2.24, 2.45) is 5.92 Å². The first-order valence-corrected chi connectivity index (χ1v) is 10.8. The molecule has 4 heteroatoms. The fourth-order valence-corrected chi connectivity index (χ4v) is 5.08. The number of hydrogen-bond acceptors (Lipinski definition) is 3. The molecular weight excluding hydrogens is 318 g/mol. The van der Waals surface area contributed by atoms with Crippen molar-refractivity contribution in [3.05, 3.63) is 22.4 Å². The van der Waals surface area contributed by atoms with Crippen LogP contribution in [-0.4, -0.2) is 32.2 Å². The maximum Gasteiger partial charge on any atom is 0.313 e. The van der Waals surface area contributed by atoms with Crippen LogP contribution in [0.2, 0.25) is 0 Å². The minimum atomic E-state index is -0.0318. The van der Waals surface area contributed by atoms with E-state index in [1.165, 1.54) is 76.4 Å². The lowest BCUT2D eigenvalue weighted by Gasteiger charge is -2.28. The van der Waals surface area contributed by atoms with E-state index in [1.54, 1.807) is 16.2 Å². The average molecular weight is 351 g/mol. The smallest absolute Gasteiger partial charge is 0.313 e. The third kappa shape index (κ3) is 5.06. The molecule has 0 radical (unpaired) electrons. The molecule has 134 valence electrons. The van der Waals surface area contributed by atoms with Gasteiger partial charge in [-0.3, -0.25) is 4.79 Å². The maximum atomic E-state index is 12.8. The van der Waals surface area contributed by atoms with Gasteiger partial charge in [-0.2, -0.15) is 11.3 Å². The summed E-state index contributed by atoms with van der Waals surface area (Å²) in [6, 6.07) is 2.12. The highest BCUT2D eigenvalue weighted by Crippen LogP contribution is 2.37. The number of rotatable bonds is 6. The Morgan fingerprint density at radius 3 is 2.50 bits per heavy atom. The van der Waals surface area contributed by atoms with E-state index in [0.717, 1.165) is 6.54 Å². The summed E-state index contributed by atoms with van der Waals surface area (Å²) in [6.45, 7) is 4.05. The van der Waals surface area contributed by atoms with Crippen molar-refractivity contribution >= 4 is 17.3 Å². The summed E-state index contributed by atoms with van der Waals surface area (Å²) in [6.07, 6.45) is 11.6. The van der Waals surface area contributed by atoms with Gasteiger partial charge in [0.2, 0.25) is 0 Å². The van der Waals surface area contributed by atoms with Crippen molar-refractivity contribution in [1.29, 1.82) is 0 Å². The maximum absolute atomic E-state index is 12.8. The fourth-order valence-electron chi connectivity index (χ4n) is 4.38. The molecule has 1 aliphatic carbocycles. The number of hydrogen-bond donors (Lipinski definition) is 1. The second-order valence-corrected chi connectivity index (χ2v) is 8.29. The van der Waals surface area contributed by atoms with Crippen LogP contribution in [0.1, 0.15) is 69.3 Å². The largest absolute Gasteiger partial charge is 0.459 e. The molecule has 1 atom stereocenters. The lowest BCUT2D eigenvalue weighted by atomic mass is 9.77. The minimum absolute atomic E-state index is 0.0227. The van der Waals surface area contributed by atoms with Crippen LogP contribution in [0, 0.1) is 5.92 Å². The van der Waals surface area contributed by atoms with E-state index in [2.05, 4.69) is 16.8 Å². The summed E-state index contributed by atoms with van der Waals surface area (Å²) in [7, 11) is 0. The van der Waals surface area contributed by atoms with E-state index in [-0.39, 0.29) is 11.9 Å². The van der Waals surface area contributed by atoms with Crippen LogP contribution in [0.15, 0.2) is 16.8 Å². The summed E-state index contributed by atoms with van der Waals surface area (Å²) in [5, 5.41) is 4.22. The lowest BCUT2D eigenvalue weighted by molar-refractivity contribution is -0.899. The number of quaternary nitrogens is 1. The average Bonchev–Trinajstić information content (AvgIpc) is 3.00. The summed E-state index contributed by atoms with van der Waals surface area (Å²) in [5.41, 5.74) is 1.18. The molecule has 1 aliphatic heterocycles. The summed E-state index contributed by atoms with van der Waals surface area (Å²) in [4.78, 5) is 14.4. The normalized spacial score (nSPS) is 22.0. The van der Waals surface area contributed by atoms with Gasteiger partial charge in [0, 0.05) is 0 Å². The van der Waals surface area contributed by atoms with Crippen LogP contribution in [0.3, 0.4) is 0 Å². The molecule has 2 heterocycles. The fraction of sp³-hybridized carbons (Fsp3) is 0.750. The number of esters is 1. The number of nitrogens with one attached hydrogen (secondary N) is 1. The number of likely N-dealkylation sites (tertiary alicyclic amines) is 1. The molecule has 0 aromatic carbocycles. The molecule has 3 rings (SSSR count). The zero-order valence-corrected chi connectivity index (χ0v) is 15.6. The van der Waals surface area contributed by atoms with Gasteiger partial charge in [-0.05, 0) is 66.8 Å². The van der Waals surface area contributed by atoms with Gasteiger partial charge < -0.3 is 9.64 Å². The third-order valence-corrected chi connectivity index (χ3v) is 6.49. The molecule has 1 saturated heterocycles. The van der Waals surface area contributed by atoms with E-state index < -0.39 is 0 Å². The summed E-state index contributed by atoms with van der Waals surface area (Å²) < 4.78 is 5.77. The van der Waals surface area contributed by atoms with Gasteiger partial charge in [0.25, 0.3) is 0 Å². The first kappa shape index (κ1) is 17.9. The van der Waals surface area contributed by atoms with Gasteiger partial charge in [-0.1, -0.05) is 19.3 Å². The Bertz CT molecular complexity index is 474. The molecule has 2 aliphatic rings. The quantitative estimate of drug-likeness (QED) is 0.797. The first-order valence-electron chi connectivity index (χ1n) is 9.87. The highest BCUT2D eigenvalue weighted by Gasteiger charge is 2.32. The molecule has 1 aromatic rings. The topological polar surface area (TPSA) is 30.7 Å². The SMILES string of the molecule is O=C(OCC[NH+]1CCCCCC1)[C@H](c1ccsc1)C1CCCCC1. The van der Waals surface area contributed by atoms with E-state index >= 15 is 0 Å². The van der Waals surface area contributed by atoms with Crippen LogP contribution in [0.4, 0.5) is 0 Å². The number of ether oxygens (including phenoxy) is 1. The Morgan fingerprint density at radius 2 is 1.83 bits per heavy atom. The third-order valence-electron chi connectivity index (χ3n) is 5.79. The Kier molecular flexibility index (Phi) is 7.15. The Hall–Kier alpha value is -0.870. The van der Waals surface area contributed by atoms with Gasteiger partial charge in [0.1, 0.15) is 13.2 Å². The Labute approximate surface area is 150 Å². The van der Waals surface area contributed by atoms with Gasteiger partial charge in [0.15, 0.2) is 0 Å². The molecule has 0 amide bonds. The van der Waals surface area contributed by atoms with Gasteiger partial charge in [-0.25, -0.2) is 0 Å². The molecule has 3 nitrogen and oxygen atoms in total. The zero-order chi connectivity index (χ0) is 16.6. The summed E-state index contributed by atoms with van der Waals surface area (Å²) >= 11 is 1.69. The molecule has 2 fully saturated rings. The van der Waals surface area contributed by atoms with Crippen molar-refractivity contribution in [1.82, 2.24) is 0 Å². The van der Waals surface area contributed by atoms with Gasteiger partial charge in [0.05, 0.1) is 19.0 Å². The monoisotopic (exact) mass is 350 g/mol. The van der Waals surface area contributed by atoms with E-state index in [9.17, 15) is 4.79 Å². The summed E-state index contributed by atoms with van der Waals surface area (Å²) in [5.74, 6) is 0.469. The van der Waals surface area contributed by atoms with Gasteiger partial charge in [-0.15, -0.1) is 0 Å². The zero-order valence-electron chi connectivity index (χ0n) is 14.8. The van der Waals surface area contributed by atoms with Crippen molar-refractivity contribution < 1.29 is 14.4 Å². The van der Waals surface area contributed by atoms with Gasteiger partial charge >= 0.3 is 5.97 Å². The number of carbonyl (C=O) groups is 1. The lowest BCUT2D eigenvalue weighted by Crippen LogP contribution is -3.12. The van der Waals surface area contributed by atoms with Crippen LogP contribution in [0.5, 0.6) is 0 Å². The van der Waals surface area contributed by atoms with Crippen LogP contribution in [-0.2, 0) is 9.53 Å². The number of thiophene rings is 1. The highest BCUT2D eigenvalue weighted by molar-refractivity contribution is 7.08. The predicted octanol–water partition coefficient (Wildman–Crippen LogP) is 3.41. The molecule has 24 heavy (non-hydrogen) atoms. The second-order valence-electron chi connectivity index (χ2n) is 7.51. The molecule has 1 aromatic heterocycles. The Balaban J connectivity index is 1.53. The van der Waals surface area contributed by atoms with Crippen LogP contribution >= 0.6 is 11.3 Å². The van der Waals surface area contributed by atoms with Crippen LogP contribution in [0.25, 0.3) is 0 Å². The molecule has 0 spiro atoms.